The Morgan fingerprint density at radius 3 is 2.50 bits per heavy atom. The van der Waals surface area contributed by atoms with Crippen molar-refractivity contribution >= 4 is 5.91 Å². The van der Waals surface area contributed by atoms with E-state index in [1.165, 1.54) is 29.1 Å². The number of carbonyl (C=O) groups excluding carboxylic acids is 1. The van der Waals surface area contributed by atoms with E-state index in [2.05, 4.69) is 10.3 Å². The molecule has 1 aromatic heterocycles. The van der Waals surface area contributed by atoms with Gasteiger partial charge in [0.15, 0.2) is 6.61 Å². The predicted octanol–water partition coefficient (Wildman–Crippen LogP) is 3.13. The maximum Gasteiger partial charge on any atom is 0.416 e. The molecule has 0 radical (unpaired) electrons. The van der Waals surface area contributed by atoms with E-state index in [0.29, 0.717) is 11.4 Å². The molecule has 3 rings (SSSR count). The lowest BCUT2D eigenvalue weighted by atomic mass is 10.1. The molecular weight excluding hydrogens is 427 g/mol. The molecule has 0 spiro atoms. The fourth-order valence-corrected chi connectivity index (χ4v) is 2.79. The lowest BCUT2D eigenvalue weighted by Gasteiger charge is -2.11. The van der Waals surface area contributed by atoms with Crippen molar-refractivity contribution in [3.63, 3.8) is 0 Å². The molecule has 0 aliphatic heterocycles. The number of aromatic nitrogens is 2. The molecule has 32 heavy (non-hydrogen) atoms. The van der Waals surface area contributed by atoms with Crippen LogP contribution in [0.3, 0.4) is 0 Å². The summed E-state index contributed by atoms with van der Waals surface area (Å²) < 4.78 is 49.7. The van der Waals surface area contributed by atoms with Crippen molar-refractivity contribution in [3.05, 3.63) is 76.8 Å². The van der Waals surface area contributed by atoms with E-state index in [-0.39, 0.29) is 24.4 Å². The number of benzene rings is 2. The van der Waals surface area contributed by atoms with Crippen LogP contribution in [0.1, 0.15) is 5.56 Å². The zero-order valence-electron chi connectivity index (χ0n) is 17.1. The molecule has 1 amide bonds. The molecule has 1 N–H and O–H groups in total. The Morgan fingerprint density at radius 1 is 1.09 bits per heavy atom. The minimum Gasteiger partial charge on any atom is -0.497 e. The van der Waals surface area contributed by atoms with Crippen molar-refractivity contribution in [3.8, 4) is 22.8 Å². The van der Waals surface area contributed by atoms with Crippen LogP contribution in [0.4, 0.5) is 13.2 Å². The van der Waals surface area contributed by atoms with Crippen molar-refractivity contribution in [2.75, 3.05) is 20.3 Å². The van der Waals surface area contributed by atoms with Crippen LogP contribution >= 0.6 is 0 Å². The minimum atomic E-state index is -4.49. The first-order chi connectivity index (χ1) is 15.3. The number of amides is 1. The van der Waals surface area contributed by atoms with Gasteiger partial charge in [0.05, 0.1) is 24.7 Å². The molecule has 0 aliphatic carbocycles. The normalized spacial score (nSPS) is 11.1. The summed E-state index contributed by atoms with van der Waals surface area (Å²) in [5.74, 6) is 0.0951. The predicted molar refractivity (Wildman–Crippen MR) is 110 cm³/mol. The molecule has 10 heteroatoms. The van der Waals surface area contributed by atoms with E-state index in [4.69, 9.17) is 9.47 Å². The summed E-state index contributed by atoms with van der Waals surface area (Å²) in [5.41, 5.74) is 0.114. The summed E-state index contributed by atoms with van der Waals surface area (Å²) in [6.45, 7) is -0.164. The molecule has 0 saturated heterocycles. The summed E-state index contributed by atoms with van der Waals surface area (Å²) in [4.78, 5) is 28.5. The number of nitrogens with one attached hydrogen (secondary N) is 1. The number of rotatable bonds is 8. The Bertz CT molecular complexity index is 1130. The molecular formula is C22H20F3N3O4. The van der Waals surface area contributed by atoms with Crippen molar-refractivity contribution in [1.29, 1.82) is 0 Å². The SMILES string of the molecule is COc1ccc(-c2cc(=O)n(CCNC(=O)COc3cccc(C(F)(F)F)c3)cn2)cc1. The maximum atomic E-state index is 12.7. The second-order valence-corrected chi connectivity index (χ2v) is 6.70. The van der Waals surface area contributed by atoms with E-state index in [0.717, 1.165) is 17.7 Å². The molecule has 0 unspecified atom stereocenters. The standard InChI is InChI=1S/C22H20F3N3O4/c1-31-17-7-5-15(6-8-17)19-12-21(30)28(14-27-19)10-9-26-20(29)13-32-18-4-2-3-16(11-18)22(23,24)25/h2-8,11-12,14H,9-10,13H2,1H3,(H,26,29). The summed E-state index contributed by atoms with van der Waals surface area (Å²) in [6, 6.07) is 12.8. The van der Waals surface area contributed by atoms with Crippen molar-refractivity contribution in [2.24, 2.45) is 0 Å². The number of methoxy groups -OCH3 is 1. The van der Waals surface area contributed by atoms with Gasteiger partial charge < -0.3 is 14.8 Å². The molecule has 0 atom stereocenters. The molecule has 0 fully saturated rings. The third-order valence-corrected chi connectivity index (χ3v) is 4.47. The van der Waals surface area contributed by atoms with Gasteiger partial charge in [0.25, 0.3) is 11.5 Å². The average Bonchev–Trinajstić information content (AvgIpc) is 2.78. The molecule has 1 heterocycles. The van der Waals surface area contributed by atoms with Gasteiger partial charge in [-0.2, -0.15) is 13.2 Å². The first-order valence-electron chi connectivity index (χ1n) is 9.54. The molecule has 0 bridgehead atoms. The van der Waals surface area contributed by atoms with Crippen LogP contribution in [0, 0.1) is 0 Å². The highest BCUT2D eigenvalue weighted by Crippen LogP contribution is 2.31. The zero-order valence-corrected chi connectivity index (χ0v) is 17.1. The van der Waals surface area contributed by atoms with Crippen molar-refractivity contribution in [1.82, 2.24) is 14.9 Å². The maximum absolute atomic E-state index is 12.7. The molecule has 0 saturated carbocycles. The fraction of sp³-hybridized carbons (Fsp3) is 0.227. The van der Waals surface area contributed by atoms with Gasteiger partial charge in [-0.15, -0.1) is 0 Å². The number of carbonyl (C=O) groups is 1. The lowest BCUT2D eigenvalue weighted by molar-refractivity contribution is -0.137. The number of nitrogens with zero attached hydrogens (tertiary/aromatic N) is 2. The monoisotopic (exact) mass is 447 g/mol. The zero-order chi connectivity index (χ0) is 23.1. The van der Waals surface area contributed by atoms with Crippen molar-refractivity contribution < 1.29 is 27.4 Å². The largest absolute Gasteiger partial charge is 0.497 e. The second kappa shape index (κ2) is 9.99. The van der Waals surface area contributed by atoms with Crippen LogP contribution in [-0.2, 0) is 17.5 Å². The number of ether oxygens (including phenoxy) is 2. The van der Waals surface area contributed by atoms with Gasteiger partial charge in [-0.25, -0.2) is 4.98 Å². The van der Waals surface area contributed by atoms with E-state index in [9.17, 15) is 22.8 Å². The summed E-state index contributed by atoms with van der Waals surface area (Å²) in [6.07, 6.45) is -3.11. The van der Waals surface area contributed by atoms with Gasteiger partial charge >= 0.3 is 6.18 Å². The Labute approximate surface area is 181 Å². The van der Waals surface area contributed by atoms with Gasteiger partial charge in [-0.3, -0.25) is 14.2 Å². The van der Waals surface area contributed by atoms with Crippen LogP contribution in [-0.4, -0.2) is 35.7 Å². The smallest absolute Gasteiger partial charge is 0.416 e. The quantitative estimate of drug-likeness (QED) is 0.574. The Kier molecular flexibility index (Phi) is 7.14. The number of hydrogen-bond donors (Lipinski definition) is 1. The van der Waals surface area contributed by atoms with Crippen LogP contribution in [0.5, 0.6) is 11.5 Å². The van der Waals surface area contributed by atoms with Gasteiger partial charge in [0, 0.05) is 24.7 Å². The fourth-order valence-electron chi connectivity index (χ4n) is 2.79. The molecule has 7 nitrogen and oxygen atoms in total. The van der Waals surface area contributed by atoms with E-state index in [1.807, 2.05) is 0 Å². The van der Waals surface area contributed by atoms with Crippen LogP contribution in [0.15, 0.2) is 65.7 Å². The lowest BCUT2D eigenvalue weighted by Crippen LogP contribution is -2.33. The van der Waals surface area contributed by atoms with E-state index in [1.54, 1.807) is 31.4 Å². The van der Waals surface area contributed by atoms with Gasteiger partial charge in [-0.05, 0) is 42.5 Å². The third kappa shape index (κ3) is 6.10. The Hall–Kier alpha value is -3.82. The highest BCUT2D eigenvalue weighted by Gasteiger charge is 2.30. The van der Waals surface area contributed by atoms with Gasteiger partial charge in [0.1, 0.15) is 11.5 Å². The van der Waals surface area contributed by atoms with Crippen LogP contribution in [0.25, 0.3) is 11.3 Å². The summed E-state index contributed by atoms with van der Waals surface area (Å²) in [5, 5.41) is 2.54. The van der Waals surface area contributed by atoms with Crippen molar-refractivity contribution in [2.45, 2.75) is 12.7 Å². The topological polar surface area (TPSA) is 82.5 Å². The first-order valence-corrected chi connectivity index (χ1v) is 9.54. The highest BCUT2D eigenvalue weighted by atomic mass is 19.4. The number of hydrogen-bond acceptors (Lipinski definition) is 5. The molecule has 3 aromatic rings. The average molecular weight is 447 g/mol. The molecule has 2 aromatic carbocycles. The Balaban J connectivity index is 1.49. The van der Waals surface area contributed by atoms with E-state index >= 15 is 0 Å². The van der Waals surface area contributed by atoms with Crippen LogP contribution in [0.2, 0.25) is 0 Å². The second-order valence-electron chi connectivity index (χ2n) is 6.70. The third-order valence-electron chi connectivity index (χ3n) is 4.47. The van der Waals surface area contributed by atoms with Crippen LogP contribution < -0.4 is 20.3 Å². The Morgan fingerprint density at radius 2 is 1.84 bits per heavy atom. The minimum absolute atomic E-state index is 0.0653. The van der Waals surface area contributed by atoms with Gasteiger partial charge in [-0.1, -0.05) is 6.07 Å². The summed E-state index contributed by atoms with van der Waals surface area (Å²) >= 11 is 0. The molecule has 168 valence electrons. The first kappa shape index (κ1) is 22.9. The highest BCUT2D eigenvalue weighted by molar-refractivity contribution is 5.77. The van der Waals surface area contributed by atoms with E-state index < -0.39 is 24.3 Å². The molecule has 0 aliphatic rings. The number of alkyl halides is 3. The van der Waals surface area contributed by atoms with Gasteiger partial charge in [0.2, 0.25) is 0 Å². The summed E-state index contributed by atoms with van der Waals surface area (Å²) in [7, 11) is 1.56. The number of halogens is 3.